The molecule has 0 bridgehead atoms. The molecule has 2 aromatic carbocycles. The van der Waals surface area contributed by atoms with Crippen LogP contribution in [-0.4, -0.2) is 35.0 Å². The second-order valence-electron chi connectivity index (χ2n) is 5.60. The molecule has 0 saturated carbocycles. The number of imide groups is 1. The fraction of sp³-hybridized carbons (Fsp3) is 0.105. The lowest BCUT2D eigenvalue weighted by atomic mass is 10.2. The summed E-state index contributed by atoms with van der Waals surface area (Å²) < 4.78 is 26.8. The zero-order chi connectivity index (χ0) is 19.4. The topological polar surface area (TPSA) is 66.5 Å². The molecular formula is C19H14F2N2O3S. The first-order chi connectivity index (χ1) is 13.0. The van der Waals surface area contributed by atoms with E-state index in [1.165, 1.54) is 6.07 Å². The Hall–Kier alpha value is -3.00. The van der Waals surface area contributed by atoms with E-state index in [1.54, 1.807) is 6.08 Å². The lowest BCUT2D eigenvalue weighted by molar-refractivity contribution is -0.122. The van der Waals surface area contributed by atoms with Gasteiger partial charge in [-0.2, -0.15) is 0 Å². The first-order valence-corrected chi connectivity index (χ1v) is 8.81. The Labute approximate surface area is 158 Å². The number of benzene rings is 2. The number of hydrogen-bond donors (Lipinski definition) is 1. The van der Waals surface area contributed by atoms with Crippen molar-refractivity contribution >= 4 is 34.9 Å². The molecule has 1 saturated heterocycles. The third kappa shape index (κ3) is 4.22. The van der Waals surface area contributed by atoms with E-state index in [0.717, 1.165) is 34.4 Å². The van der Waals surface area contributed by atoms with E-state index in [9.17, 15) is 23.2 Å². The van der Waals surface area contributed by atoms with Crippen LogP contribution in [0.1, 0.15) is 15.9 Å². The van der Waals surface area contributed by atoms with Gasteiger partial charge in [0.15, 0.2) is 11.6 Å². The predicted molar refractivity (Wildman–Crippen MR) is 97.8 cm³/mol. The molecular weight excluding hydrogens is 374 g/mol. The Morgan fingerprint density at radius 3 is 2.56 bits per heavy atom. The summed E-state index contributed by atoms with van der Waals surface area (Å²) in [7, 11) is 0. The Bertz CT molecular complexity index is 932. The highest BCUT2D eigenvalue weighted by molar-refractivity contribution is 8.18. The highest BCUT2D eigenvalue weighted by atomic mass is 32.2. The molecule has 138 valence electrons. The van der Waals surface area contributed by atoms with Crippen LogP contribution in [0.2, 0.25) is 0 Å². The van der Waals surface area contributed by atoms with Gasteiger partial charge in [0.05, 0.1) is 10.5 Å². The summed E-state index contributed by atoms with van der Waals surface area (Å²) in [5.74, 6) is -3.65. The Balaban J connectivity index is 1.60. The molecule has 1 fully saturated rings. The van der Waals surface area contributed by atoms with Crippen LogP contribution in [0.15, 0.2) is 53.4 Å². The van der Waals surface area contributed by atoms with Gasteiger partial charge < -0.3 is 5.32 Å². The average molecular weight is 388 g/mol. The van der Waals surface area contributed by atoms with Crippen molar-refractivity contribution in [3.05, 3.63) is 76.2 Å². The van der Waals surface area contributed by atoms with Gasteiger partial charge in [-0.25, -0.2) is 8.78 Å². The highest BCUT2D eigenvalue weighted by Gasteiger charge is 2.34. The first kappa shape index (κ1) is 18.8. The molecule has 5 nitrogen and oxygen atoms in total. The molecule has 0 aliphatic carbocycles. The van der Waals surface area contributed by atoms with Crippen molar-refractivity contribution in [2.75, 3.05) is 13.1 Å². The summed E-state index contributed by atoms with van der Waals surface area (Å²) in [6.45, 7) is -0.148. The van der Waals surface area contributed by atoms with Gasteiger partial charge in [-0.15, -0.1) is 0 Å². The fourth-order valence-electron chi connectivity index (χ4n) is 2.45. The Morgan fingerprint density at radius 1 is 1.07 bits per heavy atom. The highest BCUT2D eigenvalue weighted by Crippen LogP contribution is 2.31. The summed E-state index contributed by atoms with van der Waals surface area (Å²) in [5.41, 5.74) is 0.353. The Morgan fingerprint density at radius 2 is 1.81 bits per heavy atom. The van der Waals surface area contributed by atoms with Gasteiger partial charge in [0, 0.05) is 13.1 Å². The molecule has 1 aliphatic rings. The summed E-state index contributed by atoms with van der Waals surface area (Å²) >= 11 is 0.812. The van der Waals surface area contributed by atoms with E-state index in [-0.39, 0.29) is 18.0 Å². The standard InChI is InChI=1S/C19H14F2N2O3S/c20-14-8-4-7-13(16(14)21)17(24)22-9-10-23-18(25)15(27-19(23)26)11-12-5-2-1-3-6-12/h1-8,11H,9-10H2,(H,22,24)/b15-11+. The molecule has 1 aliphatic heterocycles. The minimum Gasteiger partial charge on any atom is -0.350 e. The van der Waals surface area contributed by atoms with Crippen molar-refractivity contribution in [1.29, 1.82) is 0 Å². The van der Waals surface area contributed by atoms with Crippen molar-refractivity contribution in [1.82, 2.24) is 10.2 Å². The quantitative estimate of drug-likeness (QED) is 0.797. The number of carbonyl (C=O) groups is 3. The van der Waals surface area contributed by atoms with Crippen LogP contribution in [0.5, 0.6) is 0 Å². The smallest absolute Gasteiger partial charge is 0.293 e. The normalized spacial score (nSPS) is 15.5. The molecule has 0 aromatic heterocycles. The van der Waals surface area contributed by atoms with Crippen LogP contribution in [0.3, 0.4) is 0 Å². The van der Waals surface area contributed by atoms with Crippen molar-refractivity contribution in [3.8, 4) is 0 Å². The number of rotatable bonds is 5. The van der Waals surface area contributed by atoms with Gasteiger partial charge in [-0.1, -0.05) is 36.4 Å². The third-order valence-corrected chi connectivity index (χ3v) is 4.70. The van der Waals surface area contributed by atoms with Crippen LogP contribution in [-0.2, 0) is 4.79 Å². The van der Waals surface area contributed by atoms with Crippen LogP contribution < -0.4 is 5.32 Å². The minimum absolute atomic E-state index is 0.0700. The van der Waals surface area contributed by atoms with Crippen molar-refractivity contribution in [3.63, 3.8) is 0 Å². The number of carbonyl (C=O) groups excluding carboxylic acids is 3. The van der Waals surface area contributed by atoms with Gasteiger partial charge in [0.2, 0.25) is 0 Å². The molecule has 0 unspecified atom stereocenters. The van der Waals surface area contributed by atoms with Crippen LogP contribution >= 0.6 is 11.8 Å². The Kier molecular flexibility index (Phi) is 5.66. The first-order valence-electron chi connectivity index (χ1n) is 8.00. The lowest BCUT2D eigenvalue weighted by Gasteiger charge is -2.13. The summed E-state index contributed by atoms with van der Waals surface area (Å²) in [6, 6.07) is 12.4. The number of nitrogens with one attached hydrogen (secondary N) is 1. The van der Waals surface area contributed by atoms with E-state index >= 15 is 0 Å². The maximum atomic E-state index is 13.6. The van der Waals surface area contributed by atoms with Gasteiger partial charge >= 0.3 is 0 Å². The predicted octanol–water partition coefficient (Wildman–Crippen LogP) is 3.43. The van der Waals surface area contributed by atoms with Crippen LogP contribution in [0, 0.1) is 11.6 Å². The summed E-state index contributed by atoms with van der Waals surface area (Å²) in [4.78, 5) is 37.6. The zero-order valence-electron chi connectivity index (χ0n) is 13.9. The molecule has 0 spiro atoms. The lowest BCUT2D eigenvalue weighted by Crippen LogP contribution is -2.37. The summed E-state index contributed by atoms with van der Waals surface area (Å²) in [5, 5.41) is 1.93. The molecule has 8 heteroatoms. The maximum Gasteiger partial charge on any atom is 0.293 e. The van der Waals surface area contributed by atoms with Gasteiger partial charge in [0.1, 0.15) is 0 Å². The van der Waals surface area contributed by atoms with E-state index < -0.39 is 34.3 Å². The number of thioether (sulfide) groups is 1. The molecule has 3 rings (SSSR count). The van der Waals surface area contributed by atoms with Gasteiger partial charge in [0.25, 0.3) is 17.1 Å². The molecule has 1 heterocycles. The van der Waals surface area contributed by atoms with Crippen molar-refractivity contribution in [2.24, 2.45) is 0 Å². The monoisotopic (exact) mass is 388 g/mol. The SMILES string of the molecule is O=C(NCCN1C(=O)S/C(=C/c2ccccc2)C1=O)c1cccc(F)c1F. The number of halogens is 2. The third-order valence-electron chi connectivity index (χ3n) is 3.79. The largest absolute Gasteiger partial charge is 0.350 e. The number of amides is 3. The number of nitrogens with zero attached hydrogens (tertiary/aromatic N) is 1. The van der Waals surface area contributed by atoms with Gasteiger partial charge in [-0.3, -0.25) is 19.3 Å². The molecule has 2 aromatic rings. The van der Waals surface area contributed by atoms with E-state index in [0.29, 0.717) is 0 Å². The second-order valence-corrected chi connectivity index (χ2v) is 6.59. The van der Waals surface area contributed by atoms with E-state index in [2.05, 4.69) is 5.32 Å². The van der Waals surface area contributed by atoms with E-state index in [1.807, 2.05) is 30.3 Å². The molecule has 3 amide bonds. The molecule has 27 heavy (non-hydrogen) atoms. The number of hydrogen-bond acceptors (Lipinski definition) is 4. The van der Waals surface area contributed by atoms with Crippen molar-refractivity contribution in [2.45, 2.75) is 0 Å². The molecule has 1 N–H and O–H groups in total. The summed E-state index contributed by atoms with van der Waals surface area (Å²) in [6.07, 6.45) is 1.62. The van der Waals surface area contributed by atoms with Crippen LogP contribution in [0.4, 0.5) is 13.6 Å². The zero-order valence-corrected chi connectivity index (χ0v) is 14.8. The van der Waals surface area contributed by atoms with Crippen LogP contribution in [0.25, 0.3) is 6.08 Å². The van der Waals surface area contributed by atoms with Crippen molar-refractivity contribution < 1.29 is 23.2 Å². The molecule has 0 radical (unpaired) electrons. The average Bonchev–Trinajstić information content (AvgIpc) is 2.92. The molecule has 0 atom stereocenters. The van der Waals surface area contributed by atoms with E-state index in [4.69, 9.17) is 0 Å². The van der Waals surface area contributed by atoms with Gasteiger partial charge in [-0.05, 0) is 35.5 Å². The fourth-order valence-corrected chi connectivity index (χ4v) is 3.31. The second kappa shape index (κ2) is 8.13. The maximum absolute atomic E-state index is 13.6. The minimum atomic E-state index is -1.24.